The van der Waals surface area contributed by atoms with E-state index in [2.05, 4.69) is 44.3 Å². The molecule has 2 aromatic rings. The lowest BCUT2D eigenvalue weighted by Crippen LogP contribution is -2.44. The van der Waals surface area contributed by atoms with Crippen LogP contribution in [0.3, 0.4) is 0 Å². The van der Waals surface area contributed by atoms with E-state index in [4.69, 9.17) is 9.15 Å². The highest BCUT2D eigenvalue weighted by Gasteiger charge is 2.18. The van der Waals surface area contributed by atoms with Gasteiger partial charge in [0.15, 0.2) is 5.76 Å². The van der Waals surface area contributed by atoms with Crippen LogP contribution in [-0.2, 0) is 4.74 Å². The van der Waals surface area contributed by atoms with Crippen molar-refractivity contribution in [2.24, 2.45) is 0 Å². The Hall–Kier alpha value is -3.06. The van der Waals surface area contributed by atoms with E-state index in [0.29, 0.717) is 12.1 Å². The van der Waals surface area contributed by atoms with Gasteiger partial charge in [-0.25, -0.2) is 9.97 Å². The molecule has 0 radical (unpaired) electrons. The van der Waals surface area contributed by atoms with Crippen molar-refractivity contribution in [2.75, 3.05) is 43.4 Å². The number of allylic oxidation sites excluding steroid dienone is 5. The monoisotopic (exact) mass is 433 g/mol. The van der Waals surface area contributed by atoms with E-state index >= 15 is 0 Å². The normalized spacial score (nSPS) is 20.1. The molecule has 0 bridgehead atoms. The zero-order valence-electron chi connectivity index (χ0n) is 18.7. The molecule has 0 spiro atoms. The fourth-order valence-corrected chi connectivity index (χ4v) is 4.36. The fraction of sp³-hybridized carbons (Fsp3) is 0.440. The summed E-state index contributed by atoms with van der Waals surface area (Å²) < 4.78 is 12.1. The maximum Gasteiger partial charge on any atom is 0.299 e. The molecule has 1 saturated carbocycles. The molecule has 2 fully saturated rings. The topological polar surface area (TPSA) is 66.7 Å². The van der Waals surface area contributed by atoms with E-state index in [1.807, 2.05) is 30.5 Å². The molecule has 1 saturated heterocycles. The number of ether oxygens (including phenoxy) is 1. The van der Waals surface area contributed by atoms with Gasteiger partial charge < -0.3 is 24.3 Å². The van der Waals surface area contributed by atoms with Gasteiger partial charge in [-0.2, -0.15) is 0 Å². The molecule has 3 heterocycles. The number of pyridine rings is 1. The van der Waals surface area contributed by atoms with E-state index < -0.39 is 0 Å². The largest absolute Gasteiger partial charge is 0.491 e. The maximum absolute atomic E-state index is 6.13. The van der Waals surface area contributed by atoms with Crippen molar-refractivity contribution in [3.8, 4) is 0 Å². The minimum atomic E-state index is 0.366. The van der Waals surface area contributed by atoms with E-state index in [0.717, 1.165) is 74.0 Å². The second kappa shape index (κ2) is 9.61. The van der Waals surface area contributed by atoms with Crippen molar-refractivity contribution in [1.82, 2.24) is 14.9 Å². The average molecular weight is 434 g/mol. The van der Waals surface area contributed by atoms with Gasteiger partial charge in [0.2, 0.25) is 0 Å². The van der Waals surface area contributed by atoms with Gasteiger partial charge in [-0.3, -0.25) is 0 Å². The molecular weight excluding hydrogens is 402 g/mol. The molecule has 0 aromatic carbocycles. The number of nitrogens with one attached hydrogen (secondary N) is 1. The minimum absolute atomic E-state index is 0.366. The Balaban J connectivity index is 1.18. The van der Waals surface area contributed by atoms with Crippen LogP contribution in [-0.4, -0.2) is 54.2 Å². The number of piperazine rings is 1. The zero-order valence-corrected chi connectivity index (χ0v) is 18.7. The number of likely N-dealkylation sites (N-methyl/N-ethyl adjacent to an activating group) is 1. The number of oxazole rings is 1. The Morgan fingerprint density at radius 2 is 1.91 bits per heavy atom. The molecule has 1 aliphatic heterocycles. The van der Waals surface area contributed by atoms with Crippen molar-refractivity contribution in [1.29, 1.82) is 0 Å². The van der Waals surface area contributed by atoms with Crippen molar-refractivity contribution < 1.29 is 9.15 Å². The van der Waals surface area contributed by atoms with E-state index in [-0.39, 0.29) is 0 Å². The van der Waals surface area contributed by atoms with Gasteiger partial charge in [-0.1, -0.05) is 12.2 Å². The van der Waals surface area contributed by atoms with Crippen LogP contribution in [0.1, 0.15) is 37.9 Å². The third kappa shape index (κ3) is 5.05. The highest BCUT2D eigenvalue weighted by molar-refractivity contribution is 5.66. The molecule has 2 aliphatic carbocycles. The summed E-state index contributed by atoms with van der Waals surface area (Å²) in [5, 5.41) is 3.22. The molecule has 32 heavy (non-hydrogen) atoms. The molecule has 7 heteroatoms. The van der Waals surface area contributed by atoms with Crippen LogP contribution in [0.5, 0.6) is 0 Å². The molecular formula is C25H31N5O2. The van der Waals surface area contributed by atoms with Crippen molar-refractivity contribution in [3.63, 3.8) is 0 Å². The molecule has 0 amide bonds. The van der Waals surface area contributed by atoms with Gasteiger partial charge in [-0.05, 0) is 63.4 Å². The zero-order chi connectivity index (χ0) is 21.8. The van der Waals surface area contributed by atoms with E-state index in [1.165, 1.54) is 12.8 Å². The predicted octanol–water partition coefficient (Wildman–Crippen LogP) is 4.75. The average Bonchev–Trinajstić information content (AvgIpc) is 3.44. The summed E-state index contributed by atoms with van der Waals surface area (Å²) in [6.45, 7) is 4.14. The van der Waals surface area contributed by atoms with Crippen LogP contribution in [0.2, 0.25) is 0 Å². The summed E-state index contributed by atoms with van der Waals surface area (Å²) in [5.41, 5.74) is 1.94. The predicted molar refractivity (Wildman–Crippen MR) is 127 cm³/mol. The summed E-state index contributed by atoms with van der Waals surface area (Å²) in [5.74, 6) is 2.72. The highest BCUT2D eigenvalue weighted by atomic mass is 16.5. The first kappa shape index (κ1) is 20.8. The minimum Gasteiger partial charge on any atom is -0.491 e. The molecule has 0 atom stereocenters. The Kier molecular flexibility index (Phi) is 6.25. The lowest BCUT2D eigenvalue weighted by atomic mass is 10.1. The quantitative estimate of drug-likeness (QED) is 0.705. The molecule has 7 nitrogen and oxygen atoms in total. The summed E-state index contributed by atoms with van der Waals surface area (Å²) >= 11 is 0. The first-order valence-electron chi connectivity index (χ1n) is 11.6. The molecule has 168 valence electrons. The maximum atomic E-state index is 6.13. The Morgan fingerprint density at radius 1 is 1.06 bits per heavy atom. The Bertz CT molecular complexity index is 994. The lowest BCUT2D eigenvalue weighted by Gasteiger charge is -2.33. The number of rotatable bonds is 6. The summed E-state index contributed by atoms with van der Waals surface area (Å²) in [4.78, 5) is 13.7. The first-order chi connectivity index (χ1) is 15.7. The third-order valence-corrected chi connectivity index (χ3v) is 6.33. The van der Waals surface area contributed by atoms with Crippen LogP contribution in [0, 0.1) is 0 Å². The van der Waals surface area contributed by atoms with Crippen LogP contribution >= 0.6 is 0 Å². The lowest BCUT2D eigenvalue weighted by molar-refractivity contribution is 0.131. The SMILES string of the molecule is CN1CCN(c2ccc(Nc3ncc(C4=CC=CC(OC5CCCC5)=CC4)o3)cn2)CC1. The number of anilines is 3. The second-order valence-corrected chi connectivity index (χ2v) is 8.74. The second-order valence-electron chi connectivity index (χ2n) is 8.74. The van der Waals surface area contributed by atoms with Crippen LogP contribution in [0.25, 0.3) is 5.57 Å². The summed E-state index contributed by atoms with van der Waals surface area (Å²) in [6, 6.07) is 4.54. The molecule has 5 rings (SSSR count). The van der Waals surface area contributed by atoms with E-state index in [9.17, 15) is 0 Å². The van der Waals surface area contributed by atoms with Crippen molar-refractivity contribution in [3.05, 3.63) is 60.3 Å². The number of hydrogen-bond acceptors (Lipinski definition) is 7. The van der Waals surface area contributed by atoms with E-state index in [1.54, 1.807) is 6.20 Å². The van der Waals surface area contributed by atoms with Gasteiger partial charge in [-0.15, -0.1) is 0 Å². The van der Waals surface area contributed by atoms with Crippen molar-refractivity contribution >= 4 is 23.1 Å². The smallest absolute Gasteiger partial charge is 0.299 e. The number of nitrogens with zero attached hydrogens (tertiary/aromatic N) is 4. The summed E-state index contributed by atoms with van der Waals surface area (Å²) in [6.07, 6.45) is 17.8. The fourth-order valence-electron chi connectivity index (χ4n) is 4.36. The van der Waals surface area contributed by atoms with Gasteiger partial charge in [0.1, 0.15) is 11.6 Å². The summed E-state index contributed by atoms with van der Waals surface area (Å²) in [7, 11) is 2.16. The highest BCUT2D eigenvalue weighted by Crippen LogP contribution is 2.29. The van der Waals surface area contributed by atoms with Crippen LogP contribution in [0.4, 0.5) is 17.5 Å². The van der Waals surface area contributed by atoms with Gasteiger partial charge in [0.25, 0.3) is 6.01 Å². The first-order valence-corrected chi connectivity index (χ1v) is 11.6. The number of hydrogen-bond donors (Lipinski definition) is 1. The number of aromatic nitrogens is 2. The molecule has 1 N–H and O–H groups in total. The molecule has 2 aromatic heterocycles. The molecule has 0 unspecified atom stereocenters. The van der Waals surface area contributed by atoms with Gasteiger partial charge in [0.05, 0.1) is 24.2 Å². The molecule has 3 aliphatic rings. The van der Waals surface area contributed by atoms with Crippen LogP contribution in [0.15, 0.2) is 59.0 Å². The third-order valence-electron chi connectivity index (χ3n) is 6.33. The van der Waals surface area contributed by atoms with Crippen molar-refractivity contribution in [2.45, 2.75) is 38.2 Å². The van der Waals surface area contributed by atoms with Gasteiger partial charge >= 0.3 is 0 Å². The Labute approximate surface area is 189 Å². The standard InChI is InChI=1S/C25H31N5O2/c1-29-13-15-30(16-14-29)24-12-10-20(17-26-24)28-25-27-18-23(32-25)19-5-4-8-22(11-9-19)31-21-6-2-3-7-21/h4-5,8,10-12,17-18,21H,2-3,6-7,9,13-16H2,1H3,(H,27,28). The Morgan fingerprint density at radius 3 is 2.69 bits per heavy atom. The van der Waals surface area contributed by atoms with Gasteiger partial charge in [0, 0.05) is 31.8 Å². The van der Waals surface area contributed by atoms with Crippen LogP contribution < -0.4 is 10.2 Å².